The second-order valence-electron chi connectivity index (χ2n) is 3.13. The topological polar surface area (TPSA) is 40.4 Å². The number of hydrogen-bond acceptors (Lipinski definition) is 2. The molecule has 0 amide bonds. The van der Waals surface area contributed by atoms with Crippen molar-refractivity contribution >= 4 is 10.8 Å². The molecule has 1 aromatic rings. The molecule has 3 nitrogen and oxygen atoms in total. The Bertz CT molecular complexity index is 370. The van der Waals surface area contributed by atoms with Crippen molar-refractivity contribution in [2.45, 2.75) is 11.4 Å². The fraction of sp³-hybridized carbons (Fsp3) is 0.400. The minimum Gasteiger partial charge on any atom is -0.658 e. The quantitative estimate of drug-likeness (QED) is 0.725. The standard InChI is InChI=1S/C10H12NO2S.Re/c1-13-9-2-3-10-8(6-9)7-11-4-5-14(10)12;/h2-3,6H,4-5,7H2,1H3;/q-1;. The van der Waals surface area contributed by atoms with Crippen molar-refractivity contribution in [3.8, 4) is 5.75 Å². The van der Waals surface area contributed by atoms with E-state index < -0.39 is 10.8 Å². The normalized spacial score (nSPS) is 19.7. The zero-order valence-electron chi connectivity index (χ0n) is 8.40. The Morgan fingerprint density at radius 3 is 3.00 bits per heavy atom. The molecule has 2 rings (SSSR count). The summed E-state index contributed by atoms with van der Waals surface area (Å²) in [4.78, 5) is 0.909. The Labute approximate surface area is 106 Å². The zero-order chi connectivity index (χ0) is 9.97. The van der Waals surface area contributed by atoms with Crippen molar-refractivity contribution in [3.63, 3.8) is 0 Å². The van der Waals surface area contributed by atoms with E-state index in [4.69, 9.17) is 4.74 Å². The van der Waals surface area contributed by atoms with E-state index in [1.54, 1.807) is 7.11 Å². The largest absolute Gasteiger partial charge is 0.658 e. The molecule has 1 aliphatic heterocycles. The number of methoxy groups -OCH3 is 1. The van der Waals surface area contributed by atoms with E-state index in [9.17, 15) is 4.21 Å². The van der Waals surface area contributed by atoms with Gasteiger partial charge in [-0.2, -0.15) is 0 Å². The second kappa shape index (κ2) is 5.76. The van der Waals surface area contributed by atoms with Crippen molar-refractivity contribution in [2.24, 2.45) is 0 Å². The Morgan fingerprint density at radius 1 is 1.47 bits per heavy atom. The van der Waals surface area contributed by atoms with Gasteiger partial charge in [0.25, 0.3) is 0 Å². The molecule has 1 heterocycles. The monoisotopic (exact) mass is 397 g/mol. The van der Waals surface area contributed by atoms with E-state index in [2.05, 4.69) is 5.32 Å². The molecule has 0 fully saturated rings. The van der Waals surface area contributed by atoms with Gasteiger partial charge in [-0.1, -0.05) is 0 Å². The molecule has 1 aromatic carbocycles. The summed E-state index contributed by atoms with van der Waals surface area (Å²) in [6.45, 7) is 1.34. The van der Waals surface area contributed by atoms with Crippen LogP contribution in [0.5, 0.6) is 5.75 Å². The van der Waals surface area contributed by atoms with Crippen LogP contribution in [0, 0.1) is 0 Å². The molecule has 1 unspecified atom stereocenters. The SMILES string of the molecule is COc1ccc2c(c1)C[N-]CCS2=O.[Re]. The zero-order valence-corrected chi connectivity index (χ0v) is 11.9. The van der Waals surface area contributed by atoms with E-state index in [1.807, 2.05) is 18.2 Å². The number of fused-ring (bicyclic) bond motifs is 1. The van der Waals surface area contributed by atoms with Crippen LogP contribution >= 0.6 is 0 Å². The molecule has 1 atom stereocenters. The van der Waals surface area contributed by atoms with Crippen LogP contribution in [-0.2, 0) is 37.8 Å². The maximum Gasteiger partial charge on any atom is 0.119 e. The van der Waals surface area contributed by atoms with Gasteiger partial charge >= 0.3 is 0 Å². The molecule has 0 N–H and O–H groups in total. The van der Waals surface area contributed by atoms with E-state index in [-0.39, 0.29) is 20.4 Å². The summed E-state index contributed by atoms with van der Waals surface area (Å²) in [7, 11) is 0.739. The van der Waals surface area contributed by atoms with Crippen molar-refractivity contribution < 1.29 is 29.4 Å². The Hall–Kier alpha value is -0.208. The molecule has 0 saturated heterocycles. The van der Waals surface area contributed by atoms with E-state index in [0.717, 1.165) is 16.2 Å². The second-order valence-corrected chi connectivity index (χ2v) is 4.67. The minimum atomic E-state index is -0.892. The molecule has 0 aliphatic carbocycles. The molecule has 15 heavy (non-hydrogen) atoms. The summed E-state index contributed by atoms with van der Waals surface area (Å²) < 4.78 is 16.8. The van der Waals surface area contributed by atoms with Crippen LogP contribution in [-0.4, -0.2) is 23.6 Å². The Kier molecular flexibility index (Phi) is 4.94. The Morgan fingerprint density at radius 2 is 2.27 bits per heavy atom. The van der Waals surface area contributed by atoms with Crippen LogP contribution < -0.4 is 4.74 Å². The van der Waals surface area contributed by atoms with Gasteiger partial charge in [0.2, 0.25) is 0 Å². The van der Waals surface area contributed by atoms with Gasteiger partial charge in [-0.15, -0.1) is 13.1 Å². The smallest absolute Gasteiger partial charge is 0.119 e. The van der Waals surface area contributed by atoms with Crippen molar-refractivity contribution in [2.75, 3.05) is 19.4 Å². The van der Waals surface area contributed by atoms with Crippen LogP contribution in [0.4, 0.5) is 0 Å². The first-order valence-corrected chi connectivity index (χ1v) is 5.81. The van der Waals surface area contributed by atoms with E-state index in [1.165, 1.54) is 0 Å². The first kappa shape index (κ1) is 12.9. The fourth-order valence-corrected chi connectivity index (χ4v) is 2.64. The molecule has 5 heteroatoms. The molecular formula is C10H12NO2ReS-. The number of rotatable bonds is 1. The molecule has 1 radical (unpaired) electrons. The van der Waals surface area contributed by atoms with Crippen LogP contribution in [0.15, 0.2) is 23.1 Å². The van der Waals surface area contributed by atoms with Gasteiger partial charge in [0.1, 0.15) is 5.75 Å². The predicted octanol–water partition coefficient (Wildman–Crippen LogP) is 1.69. The first-order valence-electron chi connectivity index (χ1n) is 4.50. The van der Waals surface area contributed by atoms with Gasteiger partial charge in [0.15, 0.2) is 0 Å². The maximum absolute atomic E-state index is 11.7. The third-order valence-corrected chi connectivity index (χ3v) is 3.67. The summed E-state index contributed by atoms with van der Waals surface area (Å²) in [5, 5.41) is 4.29. The molecule has 0 saturated carbocycles. The molecule has 83 valence electrons. The fourth-order valence-electron chi connectivity index (χ4n) is 1.49. The van der Waals surface area contributed by atoms with Gasteiger partial charge in [-0.25, -0.2) is 0 Å². The molecular weight excluding hydrogens is 384 g/mol. The van der Waals surface area contributed by atoms with Crippen molar-refractivity contribution in [1.29, 1.82) is 0 Å². The van der Waals surface area contributed by atoms with Crippen molar-refractivity contribution in [1.82, 2.24) is 0 Å². The molecule has 0 bridgehead atoms. The average Bonchev–Trinajstić information content (AvgIpc) is 2.40. The van der Waals surface area contributed by atoms with E-state index in [0.29, 0.717) is 18.8 Å². The molecule has 1 aliphatic rings. The predicted molar refractivity (Wildman–Crippen MR) is 56.2 cm³/mol. The van der Waals surface area contributed by atoms with E-state index >= 15 is 0 Å². The summed E-state index contributed by atoms with van der Waals surface area (Å²) in [5.74, 6) is 1.44. The van der Waals surface area contributed by atoms with Crippen LogP contribution in [0.2, 0.25) is 0 Å². The van der Waals surface area contributed by atoms with Crippen LogP contribution in [0.1, 0.15) is 5.56 Å². The van der Waals surface area contributed by atoms with Gasteiger partial charge in [0, 0.05) is 31.1 Å². The Balaban J connectivity index is 0.00000112. The summed E-state index contributed by atoms with van der Waals surface area (Å²) in [6.07, 6.45) is 0. The summed E-state index contributed by atoms with van der Waals surface area (Å²) in [6, 6.07) is 5.65. The molecule has 0 aromatic heterocycles. The number of benzene rings is 1. The third-order valence-electron chi connectivity index (χ3n) is 2.23. The van der Waals surface area contributed by atoms with Gasteiger partial charge in [-0.3, -0.25) is 4.21 Å². The van der Waals surface area contributed by atoms with Crippen molar-refractivity contribution in [3.05, 3.63) is 29.1 Å². The van der Waals surface area contributed by atoms with Gasteiger partial charge < -0.3 is 10.1 Å². The minimum absolute atomic E-state index is 0. The average molecular weight is 396 g/mol. The summed E-state index contributed by atoms with van der Waals surface area (Å²) >= 11 is 0. The maximum atomic E-state index is 11.7. The number of ether oxygens (including phenoxy) is 1. The van der Waals surface area contributed by atoms with Gasteiger partial charge in [0.05, 0.1) is 17.9 Å². The first-order chi connectivity index (χ1) is 6.81. The summed E-state index contributed by atoms with van der Waals surface area (Å²) in [5.41, 5.74) is 1.03. The number of nitrogens with zero attached hydrogens (tertiary/aromatic N) is 1. The van der Waals surface area contributed by atoms with Crippen LogP contribution in [0.25, 0.3) is 5.32 Å². The molecule has 0 spiro atoms. The third kappa shape index (κ3) is 2.88. The number of hydrogen-bond donors (Lipinski definition) is 0. The van der Waals surface area contributed by atoms with Crippen LogP contribution in [0.3, 0.4) is 0 Å². The van der Waals surface area contributed by atoms with Gasteiger partial charge in [-0.05, 0) is 23.8 Å².